The van der Waals surface area contributed by atoms with Gasteiger partial charge in [0.15, 0.2) is 0 Å². The Kier molecular flexibility index (Phi) is 3.38. The number of hydrogen-bond acceptors (Lipinski definition) is 2. The van der Waals surface area contributed by atoms with Gasteiger partial charge in [-0.25, -0.2) is 4.98 Å². The number of halogens is 1. The summed E-state index contributed by atoms with van der Waals surface area (Å²) in [5.74, 6) is 1.03. The Labute approximate surface area is 141 Å². The van der Waals surface area contributed by atoms with Gasteiger partial charge in [-0.05, 0) is 50.2 Å². The second-order valence-electron chi connectivity index (χ2n) is 6.02. The number of nitrogens with zero attached hydrogens (tertiary/aromatic N) is 3. The lowest BCUT2D eigenvalue weighted by Gasteiger charge is -2.30. The fourth-order valence-electron chi connectivity index (χ4n) is 3.45. The molecule has 116 valence electrons. The molecule has 0 spiro atoms. The molecule has 3 nitrogen and oxygen atoms in total. The third kappa shape index (κ3) is 2.32. The molecule has 1 aliphatic rings. The molecule has 1 aromatic heterocycles. The van der Waals surface area contributed by atoms with Crippen LogP contribution in [0.5, 0.6) is 0 Å². The Morgan fingerprint density at radius 1 is 1.04 bits per heavy atom. The molecule has 4 rings (SSSR count). The SMILES string of the molecule is Cc1ncc2n1-c1ccccc1N(c1ccc(Cl)cc1)C(C)C2. The summed E-state index contributed by atoms with van der Waals surface area (Å²) < 4.78 is 2.27. The van der Waals surface area contributed by atoms with E-state index in [1.54, 1.807) is 0 Å². The van der Waals surface area contributed by atoms with E-state index >= 15 is 0 Å². The van der Waals surface area contributed by atoms with E-state index in [2.05, 4.69) is 64.7 Å². The molecule has 0 aliphatic carbocycles. The van der Waals surface area contributed by atoms with Gasteiger partial charge < -0.3 is 4.90 Å². The first-order valence-corrected chi connectivity index (χ1v) is 8.20. The zero-order chi connectivity index (χ0) is 16.0. The highest BCUT2D eigenvalue weighted by atomic mass is 35.5. The minimum absolute atomic E-state index is 0.328. The van der Waals surface area contributed by atoms with Crippen molar-refractivity contribution >= 4 is 23.0 Å². The van der Waals surface area contributed by atoms with Gasteiger partial charge in [0.05, 0.1) is 11.4 Å². The van der Waals surface area contributed by atoms with Crippen LogP contribution in [0.1, 0.15) is 18.4 Å². The van der Waals surface area contributed by atoms with Gasteiger partial charge in [0.2, 0.25) is 0 Å². The second-order valence-corrected chi connectivity index (χ2v) is 6.46. The molecule has 0 radical (unpaired) electrons. The molecule has 1 atom stereocenters. The average molecular weight is 324 g/mol. The Morgan fingerprint density at radius 2 is 1.74 bits per heavy atom. The monoisotopic (exact) mass is 323 g/mol. The Morgan fingerprint density at radius 3 is 2.48 bits per heavy atom. The van der Waals surface area contributed by atoms with Crippen molar-refractivity contribution in [2.75, 3.05) is 4.90 Å². The van der Waals surface area contributed by atoms with E-state index in [1.165, 1.54) is 17.1 Å². The molecule has 0 N–H and O–H groups in total. The van der Waals surface area contributed by atoms with Crippen LogP contribution in [-0.2, 0) is 6.42 Å². The lowest BCUT2D eigenvalue weighted by atomic mass is 10.1. The van der Waals surface area contributed by atoms with Crippen LogP contribution in [-0.4, -0.2) is 15.6 Å². The summed E-state index contributed by atoms with van der Waals surface area (Å²) in [5, 5.41) is 0.760. The average Bonchev–Trinajstić information content (AvgIpc) is 2.84. The molecule has 2 heterocycles. The fourth-order valence-corrected chi connectivity index (χ4v) is 3.57. The van der Waals surface area contributed by atoms with Crippen LogP contribution < -0.4 is 4.90 Å². The van der Waals surface area contributed by atoms with Gasteiger partial charge in [0.1, 0.15) is 5.82 Å². The van der Waals surface area contributed by atoms with Crippen LogP contribution in [0, 0.1) is 6.92 Å². The smallest absolute Gasteiger partial charge is 0.110 e. The number of aromatic nitrogens is 2. The standard InChI is InChI=1S/C19H18ClN3/c1-13-11-17-12-21-14(2)23(17)19-6-4-3-5-18(19)22(13)16-9-7-15(20)8-10-16/h3-10,12-13H,11H2,1-2H3. The summed E-state index contributed by atoms with van der Waals surface area (Å²) in [4.78, 5) is 6.90. The maximum atomic E-state index is 6.06. The van der Waals surface area contributed by atoms with Gasteiger partial charge in [0.25, 0.3) is 0 Å². The molecule has 0 bridgehead atoms. The van der Waals surface area contributed by atoms with Crippen LogP contribution in [0.2, 0.25) is 5.02 Å². The van der Waals surface area contributed by atoms with Crippen molar-refractivity contribution in [2.45, 2.75) is 26.3 Å². The van der Waals surface area contributed by atoms with Crippen molar-refractivity contribution < 1.29 is 0 Å². The molecule has 3 aromatic rings. The first-order chi connectivity index (χ1) is 11.1. The van der Waals surface area contributed by atoms with Crippen molar-refractivity contribution in [2.24, 2.45) is 0 Å². The minimum atomic E-state index is 0.328. The Bertz CT molecular complexity index is 851. The normalized spacial score (nSPS) is 16.7. The fraction of sp³-hybridized carbons (Fsp3) is 0.211. The van der Waals surface area contributed by atoms with Crippen molar-refractivity contribution in [3.63, 3.8) is 0 Å². The second kappa shape index (κ2) is 5.43. The molecule has 1 aliphatic heterocycles. The molecule has 0 saturated carbocycles. The lowest BCUT2D eigenvalue weighted by Crippen LogP contribution is -2.29. The maximum Gasteiger partial charge on any atom is 0.110 e. The predicted molar refractivity (Wildman–Crippen MR) is 95.1 cm³/mol. The van der Waals surface area contributed by atoms with Gasteiger partial charge in [-0.2, -0.15) is 0 Å². The number of para-hydroxylation sites is 2. The number of fused-ring (bicyclic) bond motifs is 3. The van der Waals surface area contributed by atoms with E-state index in [0.29, 0.717) is 6.04 Å². The van der Waals surface area contributed by atoms with Crippen LogP contribution in [0.15, 0.2) is 54.7 Å². The van der Waals surface area contributed by atoms with Crippen LogP contribution in [0.3, 0.4) is 0 Å². The van der Waals surface area contributed by atoms with Crippen molar-refractivity contribution in [3.05, 3.63) is 71.3 Å². The molecular formula is C19H18ClN3. The van der Waals surface area contributed by atoms with E-state index in [0.717, 1.165) is 23.0 Å². The third-order valence-electron chi connectivity index (χ3n) is 4.44. The van der Waals surface area contributed by atoms with E-state index in [-0.39, 0.29) is 0 Å². The van der Waals surface area contributed by atoms with Gasteiger partial charge in [-0.3, -0.25) is 4.57 Å². The van der Waals surface area contributed by atoms with E-state index < -0.39 is 0 Å². The lowest BCUT2D eigenvalue weighted by molar-refractivity contribution is 0.702. The van der Waals surface area contributed by atoms with Crippen molar-refractivity contribution in [1.29, 1.82) is 0 Å². The zero-order valence-corrected chi connectivity index (χ0v) is 14.0. The summed E-state index contributed by atoms with van der Waals surface area (Å²) in [6.07, 6.45) is 2.94. The highest BCUT2D eigenvalue weighted by Gasteiger charge is 2.26. The molecule has 2 aromatic carbocycles. The molecule has 0 amide bonds. The predicted octanol–water partition coefficient (Wildman–Crippen LogP) is 4.92. The minimum Gasteiger partial charge on any atom is -0.337 e. The van der Waals surface area contributed by atoms with E-state index in [1.807, 2.05) is 18.3 Å². The number of imidazole rings is 1. The summed E-state index contributed by atoms with van der Waals surface area (Å²) in [7, 11) is 0. The maximum absolute atomic E-state index is 6.06. The Hall–Kier alpha value is -2.26. The number of hydrogen-bond donors (Lipinski definition) is 0. The van der Waals surface area contributed by atoms with Crippen LogP contribution >= 0.6 is 11.6 Å². The molecule has 1 unspecified atom stereocenters. The summed E-state index contributed by atoms with van der Waals surface area (Å²) in [6, 6.07) is 16.9. The first-order valence-electron chi connectivity index (χ1n) is 7.82. The third-order valence-corrected chi connectivity index (χ3v) is 4.70. The number of anilines is 2. The summed E-state index contributed by atoms with van der Waals surface area (Å²) in [5.41, 5.74) is 4.78. The molecule has 0 fully saturated rings. The van der Waals surface area contributed by atoms with Gasteiger partial charge in [-0.15, -0.1) is 0 Å². The van der Waals surface area contributed by atoms with Gasteiger partial charge >= 0.3 is 0 Å². The first kappa shape index (κ1) is 14.3. The quantitative estimate of drug-likeness (QED) is 0.634. The highest BCUT2D eigenvalue weighted by Crippen LogP contribution is 2.37. The highest BCUT2D eigenvalue weighted by molar-refractivity contribution is 6.30. The number of benzene rings is 2. The Balaban J connectivity index is 1.94. The topological polar surface area (TPSA) is 21.1 Å². The van der Waals surface area contributed by atoms with Crippen molar-refractivity contribution in [1.82, 2.24) is 9.55 Å². The number of aryl methyl sites for hydroxylation is 1. The van der Waals surface area contributed by atoms with Gasteiger partial charge in [0, 0.05) is 35.1 Å². The van der Waals surface area contributed by atoms with Crippen molar-refractivity contribution in [3.8, 4) is 5.69 Å². The van der Waals surface area contributed by atoms with E-state index in [9.17, 15) is 0 Å². The molecular weight excluding hydrogens is 306 g/mol. The van der Waals surface area contributed by atoms with Crippen LogP contribution in [0.25, 0.3) is 5.69 Å². The molecule has 23 heavy (non-hydrogen) atoms. The number of rotatable bonds is 1. The largest absolute Gasteiger partial charge is 0.337 e. The van der Waals surface area contributed by atoms with Crippen LogP contribution in [0.4, 0.5) is 11.4 Å². The zero-order valence-electron chi connectivity index (χ0n) is 13.2. The van der Waals surface area contributed by atoms with E-state index in [4.69, 9.17) is 11.6 Å². The summed E-state index contributed by atoms with van der Waals surface area (Å²) >= 11 is 6.06. The molecule has 4 heteroatoms. The molecule has 0 saturated heterocycles. The summed E-state index contributed by atoms with van der Waals surface area (Å²) in [6.45, 7) is 4.31. The van der Waals surface area contributed by atoms with Gasteiger partial charge in [-0.1, -0.05) is 23.7 Å².